The maximum absolute atomic E-state index is 6.20. The van der Waals surface area contributed by atoms with Crippen LogP contribution >= 0.6 is 78.3 Å². The number of halogens is 6. The predicted octanol–water partition coefficient (Wildman–Crippen LogP) is 14.4. The monoisotopic (exact) mass is 1050 g/mol. The first kappa shape index (κ1) is 58.6. The third-order valence-electron chi connectivity index (χ3n) is 8.95. The summed E-state index contributed by atoms with van der Waals surface area (Å²) in [6, 6.07) is 33.6. The number of aromatic nitrogens is 6. The number of unbranched alkanes of at least 4 members (excludes halogenated alkanes) is 1. The molecule has 0 atom stereocenters. The van der Waals surface area contributed by atoms with Crippen LogP contribution in [-0.4, -0.2) is 29.9 Å². The average molecular weight is 1050 g/mol. The van der Waals surface area contributed by atoms with Crippen molar-refractivity contribution in [2.24, 2.45) is 0 Å². The SMILES string of the molecule is CC(C)(C)c1ccc(-c2nc(Cl)nc(-c3ccc(C(C)(C)C)cc3)n2)cc1.CC(C)(C)c1ccc(Br)cc1.CC(C)(C)c1ccc(Br)cc1.Clc1nc(Cl)nc(Cl)n1.[CH2-]CCC.[Li+]. The summed E-state index contributed by atoms with van der Waals surface area (Å²) in [6.07, 6.45) is 2.28. The molecular formula is C50H61Br2Cl4LiN6. The van der Waals surface area contributed by atoms with Gasteiger partial charge in [0, 0.05) is 20.1 Å². The largest absolute Gasteiger partial charge is 1.00 e. The van der Waals surface area contributed by atoms with Gasteiger partial charge < -0.3 is 6.92 Å². The fraction of sp³-hybridized carbons (Fsp3) is 0.380. The maximum Gasteiger partial charge on any atom is 1.00 e. The van der Waals surface area contributed by atoms with E-state index in [4.69, 9.17) is 46.4 Å². The smallest absolute Gasteiger partial charge is 0.343 e. The molecule has 4 aromatic carbocycles. The van der Waals surface area contributed by atoms with Crippen molar-refractivity contribution in [2.75, 3.05) is 0 Å². The number of benzene rings is 4. The standard InChI is InChI=1S/C23H26ClN3.2C10H13Br.C4H9.C3Cl3N3.Li/c1-22(2,3)17-11-7-15(8-12-17)19-25-20(27-21(24)26-19)16-9-13-18(14-10-16)23(4,5)6;2*1-10(2,3)8-4-6-9(11)7-5-8;1-3-4-2;4-1-7-2(5)9-3(6)8-1;/h7-14H,1-6H3;2*4-7H,1-3H3;1,3-4H2,2H3;;/q;;;-1;;+1. The Kier molecular flexibility index (Phi) is 24.8. The van der Waals surface area contributed by atoms with E-state index in [0.29, 0.717) is 11.6 Å². The predicted molar refractivity (Wildman–Crippen MR) is 274 cm³/mol. The second kappa shape index (κ2) is 26.7. The van der Waals surface area contributed by atoms with E-state index in [1.807, 2.05) is 24.3 Å². The van der Waals surface area contributed by atoms with Crippen LogP contribution in [0.2, 0.25) is 21.1 Å². The van der Waals surface area contributed by atoms with Crippen LogP contribution in [0.1, 0.15) is 125 Å². The Morgan fingerprint density at radius 1 is 0.397 bits per heavy atom. The van der Waals surface area contributed by atoms with Crippen LogP contribution in [0.25, 0.3) is 22.8 Å². The van der Waals surface area contributed by atoms with Crippen LogP contribution in [0.5, 0.6) is 0 Å². The van der Waals surface area contributed by atoms with Crippen molar-refractivity contribution >= 4 is 78.3 Å². The normalized spacial score (nSPS) is 11.2. The minimum Gasteiger partial charge on any atom is -0.343 e. The Bertz CT molecular complexity index is 2060. The van der Waals surface area contributed by atoms with Gasteiger partial charge in [-0.05, 0) is 115 Å². The van der Waals surface area contributed by atoms with Gasteiger partial charge in [0.25, 0.3) is 0 Å². The average Bonchev–Trinajstić information content (AvgIpc) is 3.17. The van der Waals surface area contributed by atoms with E-state index in [2.05, 4.69) is 231 Å². The summed E-state index contributed by atoms with van der Waals surface area (Å²) in [6.45, 7) is 32.2. The van der Waals surface area contributed by atoms with Crippen molar-refractivity contribution in [2.45, 2.75) is 125 Å². The van der Waals surface area contributed by atoms with Crippen molar-refractivity contribution in [3.63, 3.8) is 0 Å². The van der Waals surface area contributed by atoms with Gasteiger partial charge in [-0.2, -0.15) is 31.3 Å². The molecule has 6 nitrogen and oxygen atoms in total. The van der Waals surface area contributed by atoms with Gasteiger partial charge in [0.05, 0.1) is 0 Å². The van der Waals surface area contributed by atoms with E-state index in [9.17, 15) is 0 Å². The quantitative estimate of drug-likeness (QED) is 0.130. The van der Waals surface area contributed by atoms with E-state index >= 15 is 0 Å². The number of nitrogens with zero attached hydrogens (tertiary/aromatic N) is 6. The second-order valence-corrected chi connectivity index (χ2v) is 21.6. The molecule has 334 valence electrons. The van der Waals surface area contributed by atoms with Gasteiger partial charge >= 0.3 is 18.9 Å². The summed E-state index contributed by atoms with van der Waals surface area (Å²) < 4.78 is 2.29. The molecule has 0 unspecified atom stereocenters. The fourth-order valence-corrected chi connectivity index (χ4v) is 6.35. The summed E-state index contributed by atoms with van der Waals surface area (Å²) in [5.41, 5.74) is 7.89. The van der Waals surface area contributed by atoms with Gasteiger partial charge in [-0.1, -0.05) is 201 Å². The molecule has 0 saturated carbocycles. The first-order valence-electron chi connectivity index (χ1n) is 20.3. The molecule has 13 heteroatoms. The first-order valence-corrected chi connectivity index (χ1v) is 23.4. The van der Waals surface area contributed by atoms with Crippen molar-refractivity contribution in [1.82, 2.24) is 29.9 Å². The molecule has 0 amide bonds. The van der Waals surface area contributed by atoms with Crippen molar-refractivity contribution in [3.05, 3.63) is 156 Å². The number of hydrogen-bond acceptors (Lipinski definition) is 6. The zero-order chi connectivity index (χ0) is 47.1. The van der Waals surface area contributed by atoms with E-state index in [0.717, 1.165) is 26.5 Å². The van der Waals surface area contributed by atoms with Gasteiger partial charge in [0.1, 0.15) is 0 Å². The van der Waals surface area contributed by atoms with Crippen LogP contribution in [0.3, 0.4) is 0 Å². The molecule has 0 radical (unpaired) electrons. The Labute approximate surface area is 427 Å². The van der Waals surface area contributed by atoms with Gasteiger partial charge in [-0.3, -0.25) is 0 Å². The Balaban J connectivity index is 0.000000456. The zero-order valence-corrected chi connectivity index (χ0v) is 45.5. The van der Waals surface area contributed by atoms with Crippen LogP contribution < -0.4 is 18.9 Å². The summed E-state index contributed by atoms with van der Waals surface area (Å²) in [4.78, 5) is 23.7. The first-order chi connectivity index (χ1) is 28.6. The van der Waals surface area contributed by atoms with Crippen LogP contribution in [0.15, 0.2) is 106 Å². The minimum absolute atomic E-state index is 0. The zero-order valence-electron chi connectivity index (χ0n) is 39.3. The topological polar surface area (TPSA) is 77.3 Å². The molecule has 63 heavy (non-hydrogen) atoms. The summed E-state index contributed by atoms with van der Waals surface area (Å²) >= 11 is 29.0. The molecule has 0 aliphatic rings. The maximum atomic E-state index is 6.20. The molecule has 6 rings (SSSR count). The molecule has 0 bridgehead atoms. The van der Waals surface area contributed by atoms with Crippen molar-refractivity contribution < 1.29 is 18.9 Å². The minimum atomic E-state index is 0. The molecule has 2 heterocycles. The third-order valence-corrected chi connectivity index (χ3v) is 10.7. The molecule has 0 N–H and O–H groups in total. The Hall–Kier alpha value is -2.38. The van der Waals surface area contributed by atoms with Gasteiger partial charge in [0.2, 0.25) is 21.1 Å². The Morgan fingerprint density at radius 3 is 0.810 bits per heavy atom. The summed E-state index contributed by atoms with van der Waals surface area (Å²) in [5, 5.41) is 0.204. The van der Waals surface area contributed by atoms with Crippen molar-refractivity contribution in [3.8, 4) is 22.8 Å². The van der Waals surface area contributed by atoms with Crippen molar-refractivity contribution in [1.29, 1.82) is 0 Å². The van der Waals surface area contributed by atoms with Gasteiger partial charge in [-0.15, -0.1) is 0 Å². The number of rotatable bonds is 3. The molecule has 0 aliphatic heterocycles. The molecule has 0 aliphatic carbocycles. The van der Waals surface area contributed by atoms with Crippen LogP contribution in [0.4, 0.5) is 0 Å². The number of hydrogen-bond donors (Lipinski definition) is 0. The molecule has 0 spiro atoms. The fourth-order valence-electron chi connectivity index (χ4n) is 5.05. The third kappa shape index (κ3) is 22.1. The van der Waals surface area contributed by atoms with E-state index in [1.165, 1.54) is 28.7 Å². The Morgan fingerprint density at radius 2 is 0.603 bits per heavy atom. The van der Waals surface area contributed by atoms with Gasteiger partial charge in [-0.25, -0.2) is 4.98 Å². The van der Waals surface area contributed by atoms with Crippen LogP contribution in [-0.2, 0) is 21.7 Å². The van der Waals surface area contributed by atoms with E-state index in [1.54, 1.807) is 0 Å². The molecule has 6 aromatic rings. The molecule has 0 saturated heterocycles. The summed E-state index contributed by atoms with van der Waals surface area (Å²) in [5.74, 6) is 1.18. The second-order valence-electron chi connectivity index (χ2n) is 18.4. The molecule has 0 fully saturated rings. The van der Waals surface area contributed by atoms with Crippen LogP contribution in [0, 0.1) is 6.92 Å². The molecule has 2 aromatic heterocycles. The summed E-state index contributed by atoms with van der Waals surface area (Å²) in [7, 11) is 0. The van der Waals surface area contributed by atoms with Gasteiger partial charge in [0.15, 0.2) is 11.6 Å². The van der Waals surface area contributed by atoms with E-state index < -0.39 is 0 Å². The van der Waals surface area contributed by atoms with E-state index in [-0.39, 0.29) is 61.7 Å². The molecular weight excluding hydrogens is 993 g/mol.